The first-order valence-electron chi connectivity index (χ1n) is 16.6. The van der Waals surface area contributed by atoms with Crippen LogP contribution in [-0.4, -0.2) is 46.9 Å². The summed E-state index contributed by atoms with van der Waals surface area (Å²) in [6.45, 7) is 7.38. The standard InChI is InChI=1S/C34H53N5O4/c1-5-9-30(38-32(43)12-8-19-36-39-35)37-31(42)11-7-6-10-22(2)26-15-16-27-25-14-13-23-20-24(40)17-18-33(23,3)28(25)21-29(41)34(26,27)4/h1,7,11,22-30,40-41H,6,8-10,12-21H2,2-4H3,(H,37,42)(H,38,43)/b11-7+/t22-,23-,24-,25+,26-,27+,28+,29?,30?,33+,34-/m1/s1. The van der Waals surface area contributed by atoms with Crippen molar-refractivity contribution >= 4 is 11.8 Å². The maximum absolute atomic E-state index is 12.5. The molecule has 238 valence electrons. The monoisotopic (exact) mass is 595 g/mol. The summed E-state index contributed by atoms with van der Waals surface area (Å²) in [5, 5.41) is 31.0. The van der Waals surface area contributed by atoms with E-state index >= 15 is 0 Å². The summed E-state index contributed by atoms with van der Waals surface area (Å²) >= 11 is 0. The SMILES string of the molecule is C#CCC(NC(=O)/C=C/CC[C@@H](C)[C@H]1CC[C@H]2[C@@H]3CC[C@@H]4C[C@H](O)CC[C@]4(C)[C@H]3CC(O)[C@]12C)NC(=O)CCCN=[N+]=[N-]. The number of fused-ring (bicyclic) bond motifs is 5. The van der Waals surface area contributed by atoms with Gasteiger partial charge in [0.05, 0.1) is 12.2 Å². The van der Waals surface area contributed by atoms with Crippen LogP contribution in [0.4, 0.5) is 0 Å². The van der Waals surface area contributed by atoms with Crippen LogP contribution in [0, 0.1) is 58.7 Å². The molecule has 4 saturated carbocycles. The highest BCUT2D eigenvalue weighted by Crippen LogP contribution is 2.68. The Labute approximate surface area is 257 Å². The van der Waals surface area contributed by atoms with Gasteiger partial charge in [0.15, 0.2) is 0 Å². The predicted octanol–water partition coefficient (Wildman–Crippen LogP) is 5.62. The van der Waals surface area contributed by atoms with E-state index < -0.39 is 6.17 Å². The van der Waals surface area contributed by atoms with Crippen LogP contribution in [0.25, 0.3) is 10.4 Å². The molecule has 0 radical (unpaired) electrons. The first-order valence-corrected chi connectivity index (χ1v) is 16.6. The van der Waals surface area contributed by atoms with Crippen LogP contribution in [0.5, 0.6) is 0 Å². The third-order valence-corrected chi connectivity index (χ3v) is 12.3. The second-order valence-electron chi connectivity index (χ2n) is 14.4. The van der Waals surface area contributed by atoms with Crippen LogP contribution < -0.4 is 10.6 Å². The van der Waals surface area contributed by atoms with E-state index in [0.29, 0.717) is 41.9 Å². The third kappa shape index (κ3) is 7.24. The van der Waals surface area contributed by atoms with Gasteiger partial charge in [-0.2, -0.15) is 0 Å². The van der Waals surface area contributed by atoms with E-state index in [9.17, 15) is 19.8 Å². The van der Waals surface area contributed by atoms with Gasteiger partial charge >= 0.3 is 0 Å². The highest BCUT2D eigenvalue weighted by molar-refractivity contribution is 5.88. The molecule has 2 unspecified atom stereocenters. The number of terminal acetylenes is 1. The number of nitrogens with one attached hydrogen (secondary N) is 2. The Morgan fingerprint density at radius 1 is 1.14 bits per heavy atom. The summed E-state index contributed by atoms with van der Waals surface area (Å²) < 4.78 is 0. The zero-order valence-corrected chi connectivity index (χ0v) is 26.4. The Balaban J connectivity index is 1.28. The van der Waals surface area contributed by atoms with E-state index in [1.54, 1.807) is 0 Å². The fourth-order valence-electron chi connectivity index (χ4n) is 10.0. The minimum Gasteiger partial charge on any atom is -0.393 e. The molecule has 9 heteroatoms. The van der Waals surface area contributed by atoms with Crippen molar-refractivity contribution in [3.05, 3.63) is 22.6 Å². The van der Waals surface area contributed by atoms with Gasteiger partial charge in [0.1, 0.15) is 6.17 Å². The average Bonchev–Trinajstić information content (AvgIpc) is 3.33. The van der Waals surface area contributed by atoms with Crippen LogP contribution in [0.15, 0.2) is 17.3 Å². The van der Waals surface area contributed by atoms with Gasteiger partial charge in [-0.3, -0.25) is 9.59 Å². The summed E-state index contributed by atoms with van der Waals surface area (Å²) in [6.07, 6.45) is 18.9. The number of aliphatic hydroxyl groups excluding tert-OH is 2. The van der Waals surface area contributed by atoms with E-state index in [1.165, 1.54) is 25.3 Å². The molecule has 0 bridgehead atoms. The van der Waals surface area contributed by atoms with Gasteiger partial charge in [-0.25, -0.2) is 0 Å². The Kier molecular flexibility index (Phi) is 11.3. The van der Waals surface area contributed by atoms with Crippen LogP contribution in [0.1, 0.15) is 104 Å². The van der Waals surface area contributed by atoms with Crippen LogP contribution in [-0.2, 0) is 9.59 Å². The van der Waals surface area contributed by atoms with Gasteiger partial charge in [0, 0.05) is 24.3 Å². The molecule has 0 spiro atoms. The van der Waals surface area contributed by atoms with Crippen LogP contribution in [0.2, 0.25) is 0 Å². The molecule has 0 aromatic rings. The molecule has 43 heavy (non-hydrogen) atoms. The minimum atomic E-state index is -0.656. The molecule has 4 N–H and O–H groups in total. The zero-order valence-electron chi connectivity index (χ0n) is 26.4. The lowest BCUT2D eigenvalue weighted by molar-refractivity contribution is -0.174. The number of rotatable bonds is 12. The molecule has 9 nitrogen and oxygen atoms in total. The second kappa shape index (κ2) is 14.5. The van der Waals surface area contributed by atoms with Gasteiger partial charge in [-0.1, -0.05) is 32.0 Å². The molecule has 0 aliphatic heterocycles. The Morgan fingerprint density at radius 3 is 2.67 bits per heavy atom. The van der Waals surface area contributed by atoms with Gasteiger partial charge in [0.25, 0.3) is 0 Å². The number of nitrogens with zero attached hydrogens (tertiary/aromatic N) is 3. The number of aliphatic hydroxyl groups is 2. The highest BCUT2D eigenvalue weighted by atomic mass is 16.3. The maximum atomic E-state index is 12.5. The number of amides is 2. The Hall–Kier alpha value is -2.53. The Bertz CT molecular complexity index is 1110. The van der Waals surface area contributed by atoms with E-state index in [1.807, 2.05) is 6.08 Å². The van der Waals surface area contributed by atoms with E-state index in [2.05, 4.69) is 47.4 Å². The molecule has 4 aliphatic rings. The van der Waals surface area contributed by atoms with Crippen LogP contribution >= 0.6 is 0 Å². The van der Waals surface area contributed by atoms with Gasteiger partial charge < -0.3 is 20.8 Å². The second-order valence-corrected chi connectivity index (χ2v) is 14.4. The van der Waals surface area contributed by atoms with Crippen molar-refractivity contribution in [2.75, 3.05) is 6.54 Å². The minimum absolute atomic E-state index is 0.0688. The number of hydrogen-bond donors (Lipinski definition) is 4. The van der Waals surface area contributed by atoms with Gasteiger partial charge in [0.2, 0.25) is 11.8 Å². The maximum Gasteiger partial charge on any atom is 0.245 e. The lowest BCUT2D eigenvalue weighted by atomic mass is 9.43. The van der Waals surface area contributed by atoms with E-state index in [4.69, 9.17) is 12.0 Å². The largest absolute Gasteiger partial charge is 0.393 e. The van der Waals surface area contributed by atoms with Crippen LogP contribution in [0.3, 0.4) is 0 Å². The van der Waals surface area contributed by atoms with Crippen molar-refractivity contribution in [2.24, 2.45) is 51.5 Å². The molecular formula is C34H53N5O4. The average molecular weight is 596 g/mol. The topological polar surface area (TPSA) is 147 Å². The summed E-state index contributed by atoms with van der Waals surface area (Å²) in [7, 11) is 0. The molecule has 0 aromatic carbocycles. The first-order chi connectivity index (χ1) is 20.5. The number of azide groups is 1. The molecule has 0 aromatic heterocycles. The van der Waals surface area contributed by atoms with Crippen molar-refractivity contribution in [3.8, 4) is 12.3 Å². The molecule has 4 rings (SSSR count). The Morgan fingerprint density at radius 2 is 1.93 bits per heavy atom. The number of carbonyl (C=O) groups excluding carboxylic acids is 2. The van der Waals surface area contributed by atoms with E-state index in [-0.39, 0.29) is 54.2 Å². The van der Waals surface area contributed by atoms with Crippen molar-refractivity contribution < 1.29 is 19.8 Å². The van der Waals surface area contributed by atoms with Crippen molar-refractivity contribution in [1.29, 1.82) is 0 Å². The molecule has 0 saturated heterocycles. The predicted molar refractivity (Wildman–Crippen MR) is 167 cm³/mol. The molecule has 0 heterocycles. The summed E-state index contributed by atoms with van der Waals surface area (Å²) in [5.74, 6) is 5.19. The quantitative estimate of drug-likeness (QED) is 0.0441. The molecule has 2 amide bonds. The fourth-order valence-corrected chi connectivity index (χ4v) is 10.0. The number of allylic oxidation sites excluding steroid dienone is 1. The molecular weight excluding hydrogens is 542 g/mol. The normalized spacial score (nSPS) is 38.0. The van der Waals surface area contributed by atoms with E-state index in [0.717, 1.165) is 44.9 Å². The number of hydrogen-bond acceptors (Lipinski definition) is 5. The smallest absolute Gasteiger partial charge is 0.245 e. The lowest BCUT2D eigenvalue weighted by Crippen LogP contribution is -2.58. The number of carbonyl (C=O) groups is 2. The van der Waals surface area contributed by atoms with Gasteiger partial charge in [-0.05, 0) is 129 Å². The summed E-state index contributed by atoms with van der Waals surface area (Å²) in [6, 6.07) is 0. The molecule has 4 aliphatic carbocycles. The van der Waals surface area contributed by atoms with Crippen molar-refractivity contribution in [3.63, 3.8) is 0 Å². The molecule has 4 fully saturated rings. The highest BCUT2D eigenvalue weighted by Gasteiger charge is 2.63. The molecule has 11 atom stereocenters. The zero-order chi connectivity index (χ0) is 31.2. The van der Waals surface area contributed by atoms with Crippen molar-refractivity contribution in [1.82, 2.24) is 10.6 Å². The third-order valence-electron chi connectivity index (χ3n) is 12.3. The lowest BCUT2D eigenvalue weighted by Gasteiger charge is -2.62. The summed E-state index contributed by atoms with van der Waals surface area (Å²) in [5.41, 5.74) is 8.51. The summed E-state index contributed by atoms with van der Waals surface area (Å²) in [4.78, 5) is 27.4. The van der Waals surface area contributed by atoms with Crippen molar-refractivity contribution in [2.45, 2.75) is 123 Å². The fraction of sp³-hybridized carbons (Fsp3) is 0.824. The van der Waals surface area contributed by atoms with Gasteiger partial charge in [-0.15, -0.1) is 12.3 Å². The first kappa shape index (κ1) is 33.4.